The molecular weight excluding hydrogens is 509 g/mol. The maximum atomic E-state index is 13.0. The highest BCUT2D eigenvalue weighted by Gasteiger charge is 2.31. The number of hydrogen-bond donors (Lipinski definition) is 2. The lowest BCUT2D eigenvalue weighted by molar-refractivity contribution is -0.156. The summed E-state index contributed by atoms with van der Waals surface area (Å²) in [6.45, 7) is 2.35. The van der Waals surface area contributed by atoms with E-state index in [2.05, 4.69) is 12.2 Å². The van der Waals surface area contributed by atoms with E-state index in [9.17, 15) is 32.7 Å². The minimum Gasteiger partial charge on any atom is -0.474 e. The summed E-state index contributed by atoms with van der Waals surface area (Å²) < 4.78 is 39.1. The van der Waals surface area contributed by atoms with Crippen LogP contribution < -0.4 is 5.32 Å². The molecule has 0 aliphatic rings. The standard InChI is InChI=1S/C30H39F3N2O4/c1-2-3-4-5-6-7-8-9-10-11-19-34-27(36)25-17-15-23(16-18-25)21-35(28(37)29(38)39)22-24-13-12-14-26(20-24)30(31,32)33/h12-18,20H,2-11,19,21-22H2,1H3,(H,34,36)(H,38,39). The third kappa shape index (κ3) is 11.9. The number of rotatable bonds is 16. The Hall–Kier alpha value is -3.36. The average molecular weight is 549 g/mol. The smallest absolute Gasteiger partial charge is 0.416 e. The number of carboxylic acid groups (broad SMARTS) is 1. The minimum absolute atomic E-state index is 0.137. The summed E-state index contributed by atoms with van der Waals surface area (Å²) in [7, 11) is 0. The van der Waals surface area contributed by atoms with E-state index in [-0.39, 0.29) is 24.6 Å². The van der Waals surface area contributed by atoms with Crippen molar-refractivity contribution < 1.29 is 32.7 Å². The highest BCUT2D eigenvalue weighted by atomic mass is 19.4. The number of benzene rings is 2. The molecule has 0 unspecified atom stereocenters. The van der Waals surface area contributed by atoms with Gasteiger partial charge in [-0.2, -0.15) is 13.2 Å². The van der Waals surface area contributed by atoms with E-state index in [1.54, 1.807) is 24.3 Å². The lowest BCUT2D eigenvalue weighted by Gasteiger charge is -2.21. The molecule has 0 fully saturated rings. The van der Waals surface area contributed by atoms with Crippen LogP contribution in [-0.2, 0) is 28.9 Å². The summed E-state index contributed by atoms with van der Waals surface area (Å²) >= 11 is 0. The molecule has 2 aromatic carbocycles. The van der Waals surface area contributed by atoms with Gasteiger partial charge in [0.15, 0.2) is 0 Å². The van der Waals surface area contributed by atoms with Crippen LogP contribution in [0.3, 0.4) is 0 Å². The van der Waals surface area contributed by atoms with Gasteiger partial charge in [0.2, 0.25) is 0 Å². The van der Waals surface area contributed by atoms with Gasteiger partial charge in [0.25, 0.3) is 5.91 Å². The molecule has 0 saturated carbocycles. The highest BCUT2D eigenvalue weighted by Crippen LogP contribution is 2.30. The SMILES string of the molecule is CCCCCCCCCCCCNC(=O)c1ccc(CN(Cc2cccc(C(F)(F)F)c2)C(=O)C(=O)O)cc1. The largest absolute Gasteiger partial charge is 0.474 e. The second kappa shape index (κ2) is 16.6. The van der Waals surface area contributed by atoms with Gasteiger partial charge in [-0.05, 0) is 41.8 Å². The fraction of sp³-hybridized carbons (Fsp3) is 0.500. The van der Waals surface area contributed by atoms with Gasteiger partial charge in [-0.25, -0.2) is 4.79 Å². The van der Waals surface area contributed by atoms with Crippen LogP contribution in [0, 0.1) is 0 Å². The molecule has 2 aromatic rings. The van der Waals surface area contributed by atoms with E-state index >= 15 is 0 Å². The summed E-state index contributed by atoms with van der Waals surface area (Å²) in [5, 5.41) is 12.1. The van der Waals surface area contributed by atoms with Crippen molar-refractivity contribution in [1.82, 2.24) is 10.2 Å². The number of aliphatic carboxylic acids is 1. The molecule has 0 aromatic heterocycles. The van der Waals surface area contributed by atoms with E-state index in [1.807, 2.05) is 0 Å². The molecule has 0 atom stereocenters. The molecule has 2 N–H and O–H groups in total. The molecule has 0 aliphatic carbocycles. The van der Waals surface area contributed by atoms with Gasteiger partial charge in [0.05, 0.1) is 5.56 Å². The first-order valence-electron chi connectivity index (χ1n) is 13.7. The first-order valence-corrected chi connectivity index (χ1v) is 13.7. The Labute approximate surface area is 228 Å². The van der Waals surface area contributed by atoms with Crippen molar-refractivity contribution >= 4 is 17.8 Å². The number of carbonyl (C=O) groups is 3. The topological polar surface area (TPSA) is 86.7 Å². The zero-order valence-electron chi connectivity index (χ0n) is 22.6. The van der Waals surface area contributed by atoms with Gasteiger partial charge < -0.3 is 15.3 Å². The molecule has 2 rings (SSSR count). The Bertz CT molecular complexity index is 1050. The molecule has 0 bridgehead atoms. The summed E-state index contributed by atoms with van der Waals surface area (Å²) in [5.41, 5.74) is 0.251. The predicted octanol–water partition coefficient (Wildman–Crippen LogP) is 6.97. The van der Waals surface area contributed by atoms with Crippen molar-refractivity contribution in [1.29, 1.82) is 0 Å². The first-order chi connectivity index (χ1) is 18.6. The summed E-state index contributed by atoms with van der Waals surface area (Å²) in [6, 6.07) is 10.8. The van der Waals surface area contributed by atoms with Gasteiger partial charge in [-0.3, -0.25) is 9.59 Å². The average Bonchev–Trinajstić information content (AvgIpc) is 2.91. The Morgan fingerprint density at radius 3 is 1.92 bits per heavy atom. The number of halogens is 3. The number of nitrogens with zero attached hydrogens (tertiary/aromatic N) is 1. The molecular formula is C30H39F3N2O4. The van der Waals surface area contributed by atoms with E-state index in [0.717, 1.165) is 36.3 Å². The second-order valence-electron chi connectivity index (χ2n) is 9.80. The van der Waals surface area contributed by atoms with Crippen LogP contribution in [0.25, 0.3) is 0 Å². The van der Waals surface area contributed by atoms with Crippen molar-refractivity contribution in [3.63, 3.8) is 0 Å². The molecule has 39 heavy (non-hydrogen) atoms. The molecule has 6 nitrogen and oxygen atoms in total. The predicted molar refractivity (Wildman–Crippen MR) is 144 cm³/mol. The molecule has 0 aliphatic heterocycles. The van der Waals surface area contributed by atoms with Crippen molar-refractivity contribution in [3.05, 3.63) is 70.8 Å². The fourth-order valence-corrected chi connectivity index (χ4v) is 4.30. The summed E-state index contributed by atoms with van der Waals surface area (Å²) in [5.74, 6) is -3.16. The zero-order chi connectivity index (χ0) is 28.7. The van der Waals surface area contributed by atoms with Crippen LogP contribution in [-0.4, -0.2) is 34.3 Å². The highest BCUT2D eigenvalue weighted by molar-refractivity contribution is 6.31. The van der Waals surface area contributed by atoms with Gasteiger partial charge in [-0.1, -0.05) is 89.0 Å². The monoisotopic (exact) mass is 548 g/mol. The van der Waals surface area contributed by atoms with E-state index in [0.29, 0.717) is 17.7 Å². The first kappa shape index (κ1) is 31.9. The van der Waals surface area contributed by atoms with Crippen molar-refractivity contribution in [2.45, 2.75) is 90.4 Å². The maximum Gasteiger partial charge on any atom is 0.416 e. The van der Waals surface area contributed by atoms with E-state index in [1.165, 1.54) is 57.1 Å². The van der Waals surface area contributed by atoms with E-state index in [4.69, 9.17) is 0 Å². The number of carbonyl (C=O) groups excluding carboxylic acids is 2. The number of alkyl halides is 3. The number of amides is 2. The van der Waals surface area contributed by atoms with Crippen LogP contribution in [0.2, 0.25) is 0 Å². The fourth-order valence-electron chi connectivity index (χ4n) is 4.30. The third-order valence-electron chi connectivity index (χ3n) is 6.50. The molecule has 0 heterocycles. The van der Waals surface area contributed by atoms with Crippen molar-refractivity contribution in [2.75, 3.05) is 6.54 Å². The van der Waals surface area contributed by atoms with E-state index < -0.39 is 23.6 Å². The van der Waals surface area contributed by atoms with Crippen LogP contribution in [0.1, 0.15) is 98.2 Å². The van der Waals surface area contributed by atoms with Crippen LogP contribution in [0.5, 0.6) is 0 Å². The van der Waals surface area contributed by atoms with Gasteiger partial charge in [0.1, 0.15) is 0 Å². The Kier molecular flexibility index (Phi) is 13.5. The normalized spacial score (nSPS) is 11.3. The van der Waals surface area contributed by atoms with Gasteiger partial charge in [-0.15, -0.1) is 0 Å². The van der Waals surface area contributed by atoms with Crippen molar-refractivity contribution in [2.24, 2.45) is 0 Å². The lowest BCUT2D eigenvalue weighted by Crippen LogP contribution is -2.35. The van der Waals surface area contributed by atoms with Crippen LogP contribution in [0.15, 0.2) is 48.5 Å². The minimum atomic E-state index is -4.55. The number of unbranched alkanes of at least 4 members (excludes halogenated alkanes) is 9. The van der Waals surface area contributed by atoms with Gasteiger partial charge >= 0.3 is 18.1 Å². The Morgan fingerprint density at radius 1 is 0.795 bits per heavy atom. The molecule has 0 radical (unpaired) electrons. The number of hydrogen-bond acceptors (Lipinski definition) is 3. The lowest BCUT2D eigenvalue weighted by atomic mass is 10.1. The van der Waals surface area contributed by atoms with Crippen LogP contribution in [0.4, 0.5) is 13.2 Å². The summed E-state index contributed by atoms with van der Waals surface area (Å²) in [6.07, 6.45) is 7.55. The number of carboxylic acids is 1. The molecule has 214 valence electrons. The van der Waals surface area contributed by atoms with Crippen LogP contribution >= 0.6 is 0 Å². The molecule has 0 spiro atoms. The second-order valence-corrected chi connectivity index (χ2v) is 9.80. The molecule has 0 saturated heterocycles. The van der Waals surface area contributed by atoms with Crippen molar-refractivity contribution in [3.8, 4) is 0 Å². The zero-order valence-corrected chi connectivity index (χ0v) is 22.6. The third-order valence-corrected chi connectivity index (χ3v) is 6.50. The van der Waals surface area contributed by atoms with Gasteiger partial charge in [0, 0.05) is 25.2 Å². The quantitative estimate of drug-likeness (QED) is 0.175. The number of nitrogens with one attached hydrogen (secondary N) is 1. The summed E-state index contributed by atoms with van der Waals surface area (Å²) in [4.78, 5) is 36.9. The Morgan fingerprint density at radius 2 is 1.36 bits per heavy atom. The Balaban J connectivity index is 1.83. The molecule has 2 amide bonds. The maximum absolute atomic E-state index is 13.0. The molecule has 9 heteroatoms.